The summed E-state index contributed by atoms with van der Waals surface area (Å²) in [5.41, 5.74) is 0.743. The first-order valence-electron chi connectivity index (χ1n) is 6.17. The lowest BCUT2D eigenvalue weighted by Crippen LogP contribution is -2.00. The van der Waals surface area contributed by atoms with Crippen molar-refractivity contribution in [3.05, 3.63) is 43.5 Å². The lowest BCUT2D eigenvalue weighted by Gasteiger charge is -2.15. The fraction of sp³-hybridized carbons (Fsp3) is 0.286. The highest BCUT2D eigenvalue weighted by Gasteiger charge is 2.20. The van der Waals surface area contributed by atoms with Crippen LogP contribution in [0.4, 0.5) is 0 Å². The summed E-state index contributed by atoms with van der Waals surface area (Å²) in [5, 5.41) is 10.5. The predicted octanol–water partition coefficient (Wildman–Crippen LogP) is 4.41. The van der Waals surface area contributed by atoms with Crippen molar-refractivity contribution in [1.82, 2.24) is 0 Å². The minimum atomic E-state index is -0.737. The van der Waals surface area contributed by atoms with Crippen LogP contribution < -0.4 is 9.47 Å². The molecule has 1 N–H and O–H groups in total. The molecule has 1 atom stereocenters. The zero-order valence-corrected chi connectivity index (χ0v) is 13.6. The Kier molecular flexibility index (Phi) is 4.21. The second-order valence-corrected chi connectivity index (χ2v) is 7.02. The first-order valence-corrected chi connectivity index (χ1v) is 8.16. The highest BCUT2D eigenvalue weighted by atomic mass is 79.9. The largest absolute Gasteiger partial charge is 0.490 e. The van der Waals surface area contributed by atoms with E-state index in [1.807, 2.05) is 18.2 Å². The van der Waals surface area contributed by atoms with Gasteiger partial charge in [-0.1, -0.05) is 27.5 Å². The van der Waals surface area contributed by atoms with Crippen molar-refractivity contribution in [2.75, 3.05) is 13.2 Å². The first-order chi connectivity index (χ1) is 9.65. The molecule has 1 aromatic carbocycles. The Bertz CT molecular complexity index is 629. The summed E-state index contributed by atoms with van der Waals surface area (Å²) in [6, 6.07) is 7.27. The number of ether oxygens (including phenoxy) is 2. The predicted molar refractivity (Wildman–Crippen MR) is 83.1 cm³/mol. The second kappa shape index (κ2) is 5.93. The molecule has 6 heteroatoms. The summed E-state index contributed by atoms with van der Waals surface area (Å²) in [5.74, 6) is 1.37. The lowest BCUT2D eigenvalue weighted by molar-refractivity contribution is 0.222. The van der Waals surface area contributed by atoms with Crippen molar-refractivity contribution in [3.8, 4) is 11.5 Å². The van der Waals surface area contributed by atoms with Crippen LogP contribution in [0.3, 0.4) is 0 Å². The maximum absolute atomic E-state index is 10.5. The van der Waals surface area contributed by atoms with Crippen LogP contribution in [-0.4, -0.2) is 18.3 Å². The number of benzene rings is 1. The Labute approximate surface area is 134 Å². The topological polar surface area (TPSA) is 38.7 Å². The van der Waals surface area contributed by atoms with Crippen molar-refractivity contribution in [3.63, 3.8) is 0 Å². The molecule has 1 aromatic heterocycles. The quantitative estimate of drug-likeness (QED) is 0.845. The molecular formula is C14H12BrClO3S. The number of fused-ring (bicyclic) bond motifs is 1. The van der Waals surface area contributed by atoms with Gasteiger partial charge < -0.3 is 14.6 Å². The summed E-state index contributed by atoms with van der Waals surface area (Å²) >= 11 is 10.8. The molecule has 1 aliphatic heterocycles. The van der Waals surface area contributed by atoms with E-state index in [0.717, 1.165) is 21.3 Å². The number of thiophene rings is 1. The van der Waals surface area contributed by atoms with E-state index < -0.39 is 6.10 Å². The van der Waals surface area contributed by atoms with Crippen LogP contribution in [-0.2, 0) is 0 Å². The van der Waals surface area contributed by atoms with E-state index in [4.69, 9.17) is 21.1 Å². The third-order valence-electron chi connectivity index (χ3n) is 3.02. The molecule has 0 aliphatic carbocycles. The molecule has 3 rings (SSSR count). The van der Waals surface area contributed by atoms with Gasteiger partial charge in [-0.3, -0.25) is 0 Å². The van der Waals surface area contributed by atoms with E-state index in [9.17, 15) is 5.11 Å². The fourth-order valence-electron chi connectivity index (χ4n) is 2.04. The lowest BCUT2D eigenvalue weighted by atomic mass is 10.1. The normalized spacial score (nSPS) is 15.8. The van der Waals surface area contributed by atoms with E-state index in [-0.39, 0.29) is 0 Å². The van der Waals surface area contributed by atoms with Gasteiger partial charge in [-0.15, -0.1) is 11.3 Å². The molecule has 1 unspecified atom stereocenters. The Morgan fingerprint density at radius 1 is 1.20 bits per heavy atom. The monoisotopic (exact) mass is 374 g/mol. The SMILES string of the molecule is OC(c1ccc(Cl)s1)c1cc2c(cc1Br)OCCCO2. The molecule has 0 saturated heterocycles. The van der Waals surface area contributed by atoms with Gasteiger partial charge in [0.2, 0.25) is 0 Å². The van der Waals surface area contributed by atoms with Gasteiger partial charge in [0.25, 0.3) is 0 Å². The van der Waals surface area contributed by atoms with Crippen LogP contribution in [0.2, 0.25) is 4.34 Å². The van der Waals surface area contributed by atoms with Crippen molar-refractivity contribution in [2.24, 2.45) is 0 Å². The van der Waals surface area contributed by atoms with Crippen LogP contribution >= 0.6 is 38.9 Å². The second-order valence-electron chi connectivity index (χ2n) is 4.42. The number of hydrogen-bond acceptors (Lipinski definition) is 4. The number of aliphatic hydroxyl groups is 1. The third kappa shape index (κ3) is 2.81. The van der Waals surface area contributed by atoms with E-state index >= 15 is 0 Å². The van der Waals surface area contributed by atoms with Crippen LogP contribution in [0.1, 0.15) is 23.0 Å². The van der Waals surface area contributed by atoms with E-state index in [1.165, 1.54) is 11.3 Å². The fourth-order valence-corrected chi connectivity index (χ4v) is 3.64. The Morgan fingerprint density at radius 2 is 1.90 bits per heavy atom. The average Bonchev–Trinajstić information content (AvgIpc) is 2.73. The van der Waals surface area contributed by atoms with Gasteiger partial charge in [0, 0.05) is 21.3 Å². The Morgan fingerprint density at radius 3 is 2.55 bits per heavy atom. The molecule has 106 valence electrons. The smallest absolute Gasteiger partial charge is 0.162 e. The highest BCUT2D eigenvalue weighted by molar-refractivity contribution is 9.10. The molecule has 3 nitrogen and oxygen atoms in total. The van der Waals surface area contributed by atoms with Crippen molar-refractivity contribution in [2.45, 2.75) is 12.5 Å². The zero-order valence-electron chi connectivity index (χ0n) is 10.4. The van der Waals surface area contributed by atoms with Gasteiger partial charge >= 0.3 is 0 Å². The molecule has 0 saturated carbocycles. The van der Waals surface area contributed by atoms with E-state index in [2.05, 4.69) is 15.9 Å². The number of aliphatic hydroxyl groups excluding tert-OH is 1. The van der Waals surface area contributed by atoms with Crippen molar-refractivity contribution < 1.29 is 14.6 Å². The Hall–Kier alpha value is -0.750. The summed E-state index contributed by atoms with van der Waals surface area (Å²) in [6.45, 7) is 1.26. The maximum Gasteiger partial charge on any atom is 0.162 e. The molecule has 0 fully saturated rings. The minimum Gasteiger partial charge on any atom is -0.490 e. The van der Waals surface area contributed by atoms with Crippen LogP contribution in [0, 0.1) is 0 Å². The first kappa shape index (κ1) is 14.2. The van der Waals surface area contributed by atoms with Crippen LogP contribution in [0.25, 0.3) is 0 Å². The molecule has 20 heavy (non-hydrogen) atoms. The number of hydrogen-bond donors (Lipinski definition) is 1. The van der Waals surface area contributed by atoms with Gasteiger partial charge in [0.15, 0.2) is 11.5 Å². The molecule has 2 heterocycles. The van der Waals surface area contributed by atoms with Crippen molar-refractivity contribution in [1.29, 1.82) is 0 Å². The standard InChI is InChI=1S/C14H12BrClO3S/c15-9-7-11-10(18-4-1-5-19-11)6-8(9)14(17)12-2-3-13(16)20-12/h2-3,6-7,14,17H,1,4-5H2. The molecule has 2 aromatic rings. The van der Waals surface area contributed by atoms with Gasteiger partial charge in [-0.2, -0.15) is 0 Å². The molecule has 1 aliphatic rings. The maximum atomic E-state index is 10.5. The van der Waals surface area contributed by atoms with Crippen LogP contribution in [0.5, 0.6) is 11.5 Å². The molecular weight excluding hydrogens is 364 g/mol. The van der Waals surface area contributed by atoms with Gasteiger partial charge in [0.05, 0.1) is 17.6 Å². The average molecular weight is 376 g/mol. The zero-order chi connectivity index (χ0) is 14.1. The van der Waals surface area contributed by atoms with Gasteiger partial charge in [-0.25, -0.2) is 0 Å². The number of halogens is 2. The van der Waals surface area contributed by atoms with E-state index in [1.54, 1.807) is 6.07 Å². The minimum absolute atomic E-state index is 0.620. The molecule has 0 spiro atoms. The molecule has 0 bridgehead atoms. The van der Waals surface area contributed by atoms with E-state index in [0.29, 0.717) is 29.0 Å². The van der Waals surface area contributed by atoms with Crippen LogP contribution in [0.15, 0.2) is 28.7 Å². The summed E-state index contributed by atoms with van der Waals surface area (Å²) in [4.78, 5) is 0.796. The summed E-state index contributed by atoms with van der Waals surface area (Å²) in [6.07, 6.45) is 0.115. The third-order valence-corrected chi connectivity index (χ3v) is 5.00. The highest BCUT2D eigenvalue weighted by Crippen LogP contribution is 2.40. The van der Waals surface area contributed by atoms with Gasteiger partial charge in [0.1, 0.15) is 6.10 Å². The summed E-state index contributed by atoms with van der Waals surface area (Å²) in [7, 11) is 0. The number of rotatable bonds is 2. The van der Waals surface area contributed by atoms with Gasteiger partial charge in [-0.05, 0) is 24.3 Å². The molecule has 0 amide bonds. The van der Waals surface area contributed by atoms with Crippen molar-refractivity contribution >= 4 is 38.9 Å². The molecule has 0 radical (unpaired) electrons. The summed E-state index contributed by atoms with van der Waals surface area (Å²) < 4.78 is 12.7. The Balaban J connectivity index is 1.99.